The number of aromatic nitrogens is 2. The lowest BCUT2D eigenvalue weighted by molar-refractivity contribution is 0.460. The SMILES string of the molecule is Nc1nc(O)c2c(-c3ccccc3)cccc2n1. The highest BCUT2D eigenvalue weighted by atomic mass is 16.3. The van der Waals surface area contributed by atoms with Crippen LogP contribution >= 0.6 is 0 Å². The lowest BCUT2D eigenvalue weighted by atomic mass is 10.0. The third kappa shape index (κ3) is 1.64. The molecule has 0 atom stereocenters. The maximum Gasteiger partial charge on any atom is 0.224 e. The highest BCUT2D eigenvalue weighted by Gasteiger charge is 2.10. The molecule has 0 saturated carbocycles. The van der Waals surface area contributed by atoms with E-state index in [0.717, 1.165) is 11.1 Å². The summed E-state index contributed by atoms with van der Waals surface area (Å²) in [4.78, 5) is 7.94. The monoisotopic (exact) mass is 237 g/mol. The molecule has 0 spiro atoms. The van der Waals surface area contributed by atoms with Crippen molar-refractivity contribution < 1.29 is 5.11 Å². The minimum absolute atomic E-state index is 0.0743. The van der Waals surface area contributed by atoms with E-state index in [4.69, 9.17) is 5.73 Å². The Bertz CT molecular complexity index is 711. The highest BCUT2D eigenvalue weighted by Crippen LogP contribution is 2.32. The summed E-state index contributed by atoms with van der Waals surface area (Å²) >= 11 is 0. The largest absolute Gasteiger partial charge is 0.493 e. The van der Waals surface area contributed by atoms with Crippen molar-refractivity contribution in [1.82, 2.24) is 9.97 Å². The Morgan fingerprint density at radius 1 is 0.889 bits per heavy atom. The van der Waals surface area contributed by atoms with Crippen molar-refractivity contribution >= 4 is 16.9 Å². The predicted octanol–water partition coefficient (Wildman–Crippen LogP) is 2.58. The van der Waals surface area contributed by atoms with E-state index in [1.807, 2.05) is 42.5 Å². The number of nitrogens with two attached hydrogens (primary N) is 1. The summed E-state index contributed by atoms with van der Waals surface area (Å²) in [5, 5.41) is 10.6. The first kappa shape index (κ1) is 10.5. The summed E-state index contributed by atoms with van der Waals surface area (Å²) in [6, 6.07) is 15.4. The number of nitrogen functional groups attached to an aromatic ring is 1. The fourth-order valence-corrected chi connectivity index (χ4v) is 2.04. The molecule has 0 amide bonds. The first-order valence-electron chi connectivity index (χ1n) is 5.56. The Morgan fingerprint density at radius 2 is 1.67 bits per heavy atom. The molecule has 3 rings (SSSR count). The number of fused-ring (bicyclic) bond motifs is 1. The fraction of sp³-hybridized carbons (Fsp3) is 0. The van der Waals surface area contributed by atoms with Gasteiger partial charge in [-0.05, 0) is 17.2 Å². The number of hydrogen-bond donors (Lipinski definition) is 2. The first-order chi connectivity index (χ1) is 8.75. The molecule has 2 aromatic carbocycles. The van der Waals surface area contributed by atoms with E-state index >= 15 is 0 Å². The average molecular weight is 237 g/mol. The Kier molecular flexibility index (Phi) is 2.34. The Morgan fingerprint density at radius 3 is 2.44 bits per heavy atom. The topological polar surface area (TPSA) is 72.0 Å². The number of rotatable bonds is 1. The van der Waals surface area contributed by atoms with Crippen molar-refractivity contribution in [2.24, 2.45) is 0 Å². The molecule has 88 valence electrons. The van der Waals surface area contributed by atoms with Gasteiger partial charge < -0.3 is 10.8 Å². The van der Waals surface area contributed by atoms with Gasteiger partial charge in [-0.15, -0.1) is 0 Å². The summed E-state index contributed by atoms with van der Waals surface area (Å²) in [5.41, 5.74) is 8.07. The molecule has 0 radical (unpaired) electrons. The van der Waals surface area contributed by atoms with Crippen molar-refractivity contribution in [3.8, 4) is 17.0 Å². The minimum Gasteiger partial charge on any atom is -0.493 e. The average Bonchev–Trinajstić information content (AvgIpc) is 2.38. The van der Waals surface area contributed by atoms with Crippen LogP contribution in [0.25, 0.3) is 22.0 Å². The third-order valence-corrected chi connectivity index (χ3v) is 2.81. The van der Waals surface area contributed by atoms with E-state index in [9.17, 15) is 5.11 Å². The number of aromatic hydroxyl groups is 1. The van der Waals surface area contributed by atoms with Gasteiger partial charge in [-0.2, -0.15) is 4.98 Å². The Hall–Kier alpha value is -2.62. The number of benzene rings is 2. The summed E-state index contributed by atoms with van der Waals surface area (Å²) in [7, 11) is 0. The molecule has 0 fully saturated rings. The molecule has 4 heteroatoms. The normalized spacial score (nSPS) is 10.7. The molecular weight excluding hydrogens is 226 g/mol. The van der Waals surface area contributed by atoms with Gasteiger partial charge in [0.15, 0.2) is 0 Å². The highest BCUT2D eigenvalue weighted by molar-refractivity contribution is 5.98. The van der Waals surface area contributed by atoms with Crippen LogP contribution in [0.3, 0.4) is 0 Å². The number of hydrogen-bond acceptors (Lipinski definition) is 4. The van der Waals surface area contributed by atoms with E-state index in [1.54, 1.807) is 6.07 Å². The number of nitrogens with zero attached hydrogens (tertiary/aromatic N) is 2. The zero-order valence-electron chi connectivity index (χ0n) is 9.54. The predicted molar refractivity (Wildman–Crippen MR) is 71.1 cm³/mol. The zero-order chi connectivity index (χ0) is 12.5. The van der Waals surface area contributed by atoms with Gasteiger partial charge in [0.2, 0.25) is 11.8 Å². The van der Waals surface area contributed by atoms with Crippen LogP contribution in [-0.4, -0.2) is 15.1 Å². The Labute approximate surface area is 104 Å². The molecule has 0 unspecified atom stereocenters. The second-order valence-corrected chi connectivity index (χ2v) is 3.97. The van der Waals surface area contributed by atoms with Crippen LogP contribution in [0.5, 0.6) is 5.88 Å². The maximum atomic E-state index is 9.96. The lowest BCUT2D eigenvalue weighted by Gasteiger charge is -2.07. The van der Waals surface area contributed by atoms with Crippen LogP contribution in [0, 0.1) is 0 Å². The smallest absolute Gasteiger partial charge is 0.224 e. The zero-order valence-corrected chi connectivity index (χ0v) is 9.54. The van der Waals surface area contributed by atoms with E-state index in [-0.39, 0.29) is 11.8 Å². The van der Waals surface area contributed by atoms with Crippen molar-refractivity contribution in [1.29, 1.82) is 0 Å². The molecular formula is C14H11N3O. The third-order valence-electron chi connectivity index (χ3n) is 2.81. The first-order valence-corrected chi connectivity index (χ1v) is 5.56. The van der Waals surface area contributed by atoms with Gasteiger partial charge in [-0.3, -0.25) is 0 Å². The Balaban J connectivity index is 2.37. The van der Waals surface area contributed by atoms with E-state index in [0.29, 0.717) is 10.9 Å². The summed E-state index contributed by atoms with van der Waals surface area (Å²) in [5.74, 6) is -0.0119. The summed E-state index contributed by atoms with van der Waals surface area (Å²) < 4.78 is 0. The molecule has 3 aromatic rings. The molecule has 1 heterocycles. The molecule has 1 aromatic heterocycles. The molecule has 0 aliphatic rings. The van der Waals surface area contributed by atoms with Crippen molar-refractivity contribution in [3.05, 3.63) is 48.5 Å². The quantitative estimate of drug-likeness (QED) is 0.682. The molecule has 0 aliphatic heterocycles. The second kappa shape index (κ2) is 4.00. The van der Waals surface area contributed by atoms with E-state index in [1.165, 1.54) is 0 Å². The lowest BCUT2D eigenvalue weighted by Crippen LogP contribution is -1.96. The molecule has 18 heavy (non-hydrogen) atoms. The van der Waals surface area contributed by atoms with E-state index in [2.05, 4.69) is 9.97 Å². The van der Waals surface area contributed by atoms with Crippen molar-refractivity contribution in [2.45, 2.75) is 0 Å². The molecule has 4 nitrogen and oxygen atoms in total. The van der Waals surface area contributed by atoms with Crippen LogP contribution in [0.4, 0.5) is 5.95 Å². The van der Waals surface area contributed by atoms with Gasteiger partial charge in [0.05, 0.1) is 10.9 Å². The standard InChI is InChI=1S/C14H11N3O/c15-14-16-11-8-4-7-10(12(11)13(18)17-14)9-5-2-1-3-6-9/h1-8H,(H3,15,16,17,18). The fourth-order valence-electron chi connectivity index (χ4n) is 2.04. The van der Waals surface area contributed by atoms with Gasteiger partial charge in [0.1, 0.15) is 0 Å². The van der Waals surface area contributed by atoms with Gasteiger partial charge in [-0.25, -0.2) is 4.98 Å². The van der Waals surface area contributed by atoms with E-state index < -0.39 is 0 Å². The van der Waals surface area contributed by atoms with Crippen LogP contribution < -0.4 is 5.73 Å². The van der Waals surface area contributed by atoms with Crippen molar-refractivity contribution in [2.75, 3.05) is 5.73 Å². The van der Waals surface area contributed by atoms with Crippen LogP contribution in [0.15, 0.2) is 48.5 Å². The van der Waals surface area contributed by atoms with Gasteiger partial charge >= 0.3 is 0 Å². The molecule has 3 N–H and O–H groups in total. The van der Waals surface area contributed by atoms with Crippen molar-refractivity contribution in [3.63, 3.8) is 0 Å². The number of anilines is 1. The van der Waals surface area contributed by atoms with Crippen LogP contribution in [-0.2, 0) is 0 Å². The molecule has 0 bridgehead atoms. The molecule has 0 saturated heterocycles. The van der Waals surface area contributed by atoms with Crippen LogP contribution in [0.1, 0.15) is 0 Å². The maximum absolute atomic E-state index is 9.96. The van der Waals surface area contributed by atoms with Gasteiger partial charge in [0, 0.05) is 0 Å². The second-order valence-electron chi connectivity index (χ2n) is 3.97. The molecule has 0 aliphatic carbocycles. The minimum atomic E-state index is -0.0862. The van der Waals surface area contributed by atoms with Gasteiger partial charge in [-0.1, -0.05) is 42.5 Å². The van der Waals surface area contributed by atoms with Gasteiger partial charge in [0.25, 0.3) is 0 Å². The summed E-state index contributed by atoms with van der Waals surface area (Å²) in [6.45, 7) is 0. The summed E-state index contributed by atoms with van der Waals surface area (Å²) in [6.07, 6.45) is 0. The van der Waals surface area contributed by atoms with Crippen LogP contribution in [0.2, 0.25) is 0 Å².